The Morgan fingerprint density at radius 1 is 0.964 bits per heavy atom. The Kier molecular flexibility index (Phi) is 4.73. The van der Waals surface area contributed by atoms with Gasteiger partial charge in [0, 0.05) is 19.0 Å². The van der Waals surface area contributed by atoms with E-state index < -0.39 is 15.6 Å². The highest BCUT2D eigenvalue weighted by atomic mass is 32.2. The molecule has 0 saturated carbocycles. The van der Waals surface area contributed by atoms with Crippen LogP contribution in [0.25, 0.3) is 0 Å². The van der Waals surface area contributed by atoms with Crippen molar-refractivity contribution < 1.29 is 13.2 Å². The van der Waals surface area contributed by atoms with Crippen LogP contribution >= 0.6 is 0 Å². The maximum Gasteiger partial charge on any atom is 0.243 e. The van der Waals surface area contributed by atoms with Crippen molar-refractivity contribution in [1.82, 2.24) is 4.31 Å². The largest absolute Gasteiger partial charge is 0.363 e. The lowest BCUT2D eigenvalue weighted by atomic mass is 9.82. The molecule has 148 valence electrons. The molecule has 0 aliphatic carbocycles. The summed E-state index contributed by atoms with van der Waals surface area (Å²) in [5.74, 6) is 0.0643. The molecule has 4 nitrogen and oxygen atoms in total. The molecule has 2 atom stereocenters. The normalized spacial score (nSPS) is 24.6. The molecule has 2 aliphatic heterocycles. The van der Waals surface area contributed by atoms with E-state index in [4.69, 9.17) is 4.74 Å². The molecule has 1 saturated heterocycles. The maximum atomic E-state index is 13.1. The van der Waals surface area contributed by atoms with Crippen LogP contribution in [0.2, 0.25) is 0 Å². The lowest BCUT2D eigenvalue weighted by Crippen LogP contribution is -2.41. The van der Waals surface area contributed by atoms with Crippen LogP contribution in [0.5, 0.6) is 0 Å². The Labute approximate surface area is 167 Å². The van der Waals surface area contributed by atoms with Gasteiger partial charge in [-0.1, -0.05) is 53.6 Å². The third-order valence-corrected chi connectivity index (χ3v) is 7.72. The van der Waals surface area contributed by atoms with Gasteiger partial charge in [0.2, 0.25) is 10.0 Å². The zero-order chi connectivity index (χ0) is 20.1. The Morgan fingerprint density at radius 3 is 2.14 bits per heavy atom. The summed E-state index contributed by atoms with van der Waals surface area (Å²) in [7, 11) is -3.51. The van der Waals surface area contributed by atoms with Gasteiger partial charge in [0.25, 0.3) is 0 Å². The van der Waals surface area contributed by atoms with Crippen LogP contribution in [0, 0.1) is 19.8 Å². The number of sulfonamides is 1. The molecule has 0 spiro atoms. The zero-order valence-electron chi connectivity index (χ0n) is 16.8. The molecule has 0 radical (unpaired) electrons. The van der Waals surface area contributed by atoms with Crippen LogP contribution in [0.1, 0.15) is 36.6 Å². The van der Waals surface area contributed by atoms with Crippen molar-refractivity contribution in [2.75, 3.05) is 13.1 Å². The minimum Gasteiger partial charge on any atom is -0.363 e. The number of fused-ring (bicyclic) bond motifs is 1. The van der Waals surface area contributed by atoms with E-state index >= 15 is 0 Å². The second-order valence-corrected chi connectivity index (χ2v) is 10.4. The monoisotopic (exact) mass is 397 g/mol. The summed E-state index contributed by atoms with van der Waals surface area (Å²) >= 11 is 0. The second-order valence-electron chi connectivity index (χ2n) is 8.46. The van der Waals surface area contributed by atoms with Crippen molar-refractivity contribution in [3.63, 3.8) is 0 Å². The number of nitrogens with zero attached hydrogens (tertiary/aromatic N) is 1. The van der Waals surface area contributed by atoms with Crippen molar-refractivity contribution in [2.24, 2.45) is 5.92 Å². The molecule has 0 N–H and O–H groups in total. The highest BCUT2D eigenvalue weighted by molar-refractivity contribution is 7.89. The standard InChI is InChI=1S/C23H27NO3S/c1-16-5-9-18(10-6-16)22-13-19-14-24(15-21(19)23(3,4)27-22)28(25,26)20-11-7-17(2)8-12-20/h5-13,21-22H,14-15H2,1-4H3/t21-,22+/m1/s1. The van der Waals surface area contributed by atoms with Gasteiger partial charge in [-0.3, -0.25) is 0 Å². The summed E-state index contributed by atoms with van der Waals surface area (Å²) in [4.78, 5) is 0.353. The molecule has 0 aromatic heterocycles. The summed E-state index contributed by atoms with van der Waals surface area (Å²) < 4.78 is 34.3. The fraction of sp³-hybridized carbons (Fsp3) is 0.391. The van der Waals surface area contributed by atoms with Crippen LogP contribution in [0.3, 0.4) is 0 Å². The first kappa shape index (κ1) is 19.4. The van der Waals surface area contributed by atoms with Gasteiger partial charge in [0.05, 0.1) is 10.5 Å². The minimum atomic E-state index is -3.51. The Morgan fingerprint density at radius 2 is 1.54 bits per heavy atom. The summed E-state index contributed by atoms with van der Waals surface area (Å²) in [5.41, 5.74) is 4.08. The van der Waals surface area contributed by atoms with Gasteiger partial charge in [-0.25, -0.2) is 8.42 Å². The van der Waals surface area contributed by atoms with E-state index in [-0.39, 0.29) is 12.0 Å². The average Bonchev–Trinajstić information content (AvgIpc) is 3.08. The predicted molar refractivity (Wildman–Crippen MR) is 111 cm³/mol. The SMILES string of the molecule is Cc1ccc([C@@H]2C=C3CN(S(=O)(=O)c4ccc(C)cc4)C[C@H]3C(C)(C)O2)cc1. The molecule has 28 heavy (non-hydrogen) atoms. The van der Waals surface area contributed by atoms with E-state index in [1.807, 2.05) is 19.1 Å². The van der Waals surface area contributed by atoms with Crippen molar-refractivity contribution in [2.45, 2.75) is 44.3 Å². The number of rotatable bonds is 3. The average molecular weight is 398 g/mol. The predicted octanol–water partition coefficient (Wildman–Crippen LogP) is 4.40. The van der Waals surface area contributed by atoms with E-state index in [9.17, 15) is 8.42 Å². The van der Waals surface area contributed by atoms with E-state index in [0.717, 1.165) is 16.7 Å². The van der Waals surface area contributed by atoms with Gasteiger partial charge in [-0.05, 0) is 51.0 Å². The van der Waals surface area contributed by atoms with Crippen LogP contribution < -0.4 is 0 Å². The molecule has 2 aromatic rings. The Bertz CT molecular complexity index is 1000. The summed E-state index contributed by atoms with van der Waals surface area (Å²) in [6.45, 7) is 9.03. The first-order valence-corrected chi connectivity index (χ1v) is 11.1. The van der Waals surface area contributed by atoms with Crippen LogP contribution in [-0.4, -0.2) is 31.4 Å². The topological polar surface area (TPSA) is 46.6 Å². The number of hydrogen-bond donors (Lipinski definition) is 0. The summed E-state index contributed by atoms with van der Waals surface area (Å²) in [6, 6.07) is 15.4. The quantitative estimate of drug-likeness (QED) is 0.721. The highest BCUT2D eigenvalue weighted by Crippen LogP contribution is 2.44. The van der Waals surface area contributed by atoms with E-state index in [0.29, 0.717) is 18.0 Å². The van der Waals surface area contributed by atoms with Gasteiger partial charge in [-0.2, -0.15) is 4.31 Å². The fourth-order valence-electron chi connectivity index (χ4n) is 4.14. The molecule has 0 unspecified atom stereocenters. The van der Waals surface area contributed by atoms with Crippen molar-refractivity contribution in [3.8, 4) is 0 Å². The smallest absolute Gasteiger partial charge is 0.243 e. The molecule has 1 fully saturated rings. The lowest BCUT2D eigenvalue weighted by Gasteiger charge is -2.39. The summed E-state index contributed by atoms with van der Waals surface area (Å²) in [6.07, 6.45) is 1.97. The lowest BCUT2D eigenvalue weighted by molar-refractivity contribution is -0.0889. The van der Waals surface area contributed by atoms with Crippen LogP contribution in [-0.2, 0) is 14.8 Å². The van der Waals surface area contributed by atoms with Crippen molar-refractivity contribution in [1.29, 1.82) is 0 Å². The second kappa shape index (κ2) is 6.83. The van der Waals surface area contributed by atoms with Gasteiger partial charge in [-0.15, -0.1) is 0 Å². The molecular weight excluding hydrogens is 370 g/mol. The highest BCUT2D eigenvalue weighted by Gasteiger charge is 2.47. The molecule has 0 amide bonds. The number of hydrogen-bond acceptors (Lipinski definition) is 3. The zero-order valence-corrected chi connectivity index (χ0v) is 17.7. The van der Waals surface area contributed by atoms with Crippen LogP contribution in [0.15, 0.2) is 65.1 Å². The Balaban J connectivity index is 1.65. The van der Waals surface area contributed by atoms with E-state index in [1.165, 1.54) is 5.56 Å². The van der Waals surface area contributed by atoms with E-state index in [1.54, 1.807) is 16.4 Å². The molecule has 2 aliphatic rings. The van der Waals surface area contributed by atoms with Gasteiger partial charge >= 0.3 is 0 Å². The molecule has 0 bridgehead atoms. The molecule has 2 heterocycles. The number of aryl methyl sites for hydroxylation is 2. The maximum absolute atomic E-state index is 13.1. The molecular formula is C23H27NO3S. The van der Waals surface area contributed by atoms with Gasteiger partial charge in [0.1, 0.15) is 6.10 Å². The van der Waals surface area contributed by atoms with Crippen LogP contribution in [0.4, 0.5) is 0 Å². The first-order chi connectivity index (χ1) is 13.2. The number of ether oxygens (including phenoxy) is 1. The number of benzene rings is 2. The third-order valence-electron chi connectivity index (χ3n) is 5.89. The molecule has 5 heteroatoms. The summed E-state index contributed by atoms with van der Waals surface area (Å²) in [5, 5.41) is 0. The Hall–Kier alpha value is -1.95. The van der Waals surface area contributed by atoms with E-state index in [2.05, 4.69) is 51.1 Å². The fourth-order valence-corrected chi connectivity index (χ4v) is 5.58. The third kappa shape index (κ3) is 3.43. The minimum absolute atomic E-state index is 0.0643. The van der Waals surface area contributed by atoms with Gasteiger partial charge in [0.15, 0.2) is 0 Å². The van der Waals surface area contributed by atoms with Crippen molar-refractivity contribution >= 4 is 10.0 Å². The molecule has 4 rings (SSSR count). The van der Waals surface area contributed by atoms with Crippen molar-refractivity contribution in [3.05, 3.63) is 76.9 Å². The van der Waals surface area contributed by atoms with Gasteiger partial charge < -0.3 is 4.74 Å². The molecule has 2 aromatic carbocycles. The first-order valence-electron chi connectivity index (χ1n) is 9.68.